The highest BCUT2D eigenvalue weighted by Gasteiger charge is 2.43. The summed E-state index contributed by atoms with van der Waals surface area (Å²) in [4.78, 5) is 18.3. The standard InChI is InChI=1S/C19H21N5O2/c25-18(26)19(24-11-8-20-14-24)6-9-23(10-7-19)13-16-12-21-22-17(16)15-4-2-1-3-5-15/h1-5,8,11-12,14H,6-7,9-10,13H2,(H,21,22)(H,25,26). The number of aliphatic carboxylic acids is 1. The Hall–Kier alpha value is -2.93. The summed E-state index contributed by atoms with van der Waals surface area (Å²) in [6, 6.07) is 10.1. The SMILES string of the molecule is O=C(O)C1(n2ccnc2)CCN(Cc2cn[nH]c2-c2ccccc2)CC1. The molecule has 4 rings (SSSR count). The summed E-state index contributed by atoms with van der Waals surface area (Å²) in [5, 5.41) is 17.1. The normalized spacial score (nSPS) is 17.2. The Morgan fingerprint density at radius 2 is 2.00 bits per heavy atom. The van der Waals surface area contributed by atoms with Crippen LogP contribution in [0.15, 0.2) is 55.2 Å². The van der Waals surface area contributed by atoms with Gasteiger partial charge in [0.1, 0.15) is 5.54 Å². The maximum absolute atomic E-state index is 12.0. The molecule has 3 heterocycles. The zero-order chi connectivity index (χ0) is 18.0. The molecule has 1 fully saturated rings. The molecule has 134 valence electrons. The van der Waals surface area contributed by atoms with E-state index in [1.54, 1.807) is 23.3 Å². The Balaban J connectivity index is 1.48. The maximum Gasteiger partial charge on any atom is 0.330 e. The van der Waals surface area contributed by atoms with Crippen molar-refractivity contribution in [3.63, 3.8) is 0 Å². The van der Waals surface area contributed by atoms with Crippen LogP contribution in [0, 0.1) is 0 Å². The molecule has 2 aromatic heterocycles. The smallest absolute Gasteiger partial charge is 0.330 e. The predicted molar refractivity (Wildman–Crippen MR) is 96.4 cm³/mol. The highest BCUT2D eigenvalue weighted by Crippen LogP contribution is 2.32. The number of carboxylic acid groups (broad SMARTS) is 1. The number of imidazole rings is 1. The molecule has 26 heavy (non-hydrogen) atoms. The zero-order valence-electron chi connectivity index (χ0n) is 14.4. The molecule has 1 aromatic carbocycles. The van der Waals surface area contributed by atoms with Crippen LogP contribution < -0.4 is 0 Å². The van der Waals surface area contributed by atoms with Gasteiger partial charge >= 0.3 is 5.97 Å². The van der Waals surface area contributed by atoms with Gasteiger partial charge in [0.05, 0.1) is 18.2 Å². The van der Waals surface area contributed by atoms with Gasteiger partial charge in [-0.3, -0.25) is 10.00 Å². The van der Waals surface area contributed by atoms with Crippen molar-refractivity contribution in [2.75, 3.05) is 13.1 Å². The third-order valence-corrected chi connectivity index (χ3v) is 5.25. The first kappa shape index (κ1) is 16.5. The average molecular weight is 351 g/mol. The maximum atomic E-state index is 12.0. The van der Waals surface area contributed by atoms with Crippen molar-refractivity contribution >= 4 is 5.97 Å². The molecule has 0 unspecified atom stereocenters. The van der Waals surface area contributed by atoms with E-state index in [2.05, 4.69) is 32.2 Å². The predicted octanol–water partition coefficient (Wildman–Crippen LogP) is 2.35. The van der Waals surface area contributed by atoms with Gasteiger partial charge in [-0.05, 0) is 18.4 Å². The number of likely N-dealkylation sites (tertiary alicyclic amines) is 1. The van der Waals surface area contributed by atoms with Crippen molar-refractivity contribution in [3.8, 4) is 11.3 Å². The number of benzene rings is 1. The first-order chi connectivity index (χ1) is 12.7. The molecule has 3 aromatic rings. The lowest BCUT2D eigenvalue weighted by Crippen LogP contribution is -2.50. The molecular weight excluding hydrogens is 330 g/mol. The number of aromatic amines is 1. The molecule has 7 nitrogen and oxygen atoms in total. The van der Waals surface area contributed by atoms with E-state index in [9.17, 15) is 9.90 Å². The van der Waals surface area contributed by atoms with Crippen molar-refractivity contribution in [2.24, 2.45) is 0 Å². The van der Waals surface area contributed by atoms with Gasteiger partial charge in [-0.1, -0.05) is 30.3 Å². The monoisotopic (exact) mass is 351 g/mol. The summed E-state index contributed by atoms with van der Waals surface area (Å²) in [7, 11) is 0. The molecule has 0 spiro atoms. The molecule has 1 aliphatic rings. The summed E-state index contributed by atoms with van der Waals surface area (Å²) in [5.41, 5.74) is 2.36. The van der Waals surface area contributed by atoms with Gasteiger partial charge < -0.3 is 9.67 Å². The number of H-pyrrole nitrogens is 1. The van der Waals surface area contributed by atoms with Crippen LogP contribution in [0.3, 0.4) is 0 Å². The number of nitrogens with zero attached hydrogens (tertiary/aromatic N) is 4. The van der Waals surface area contributed by atoms with Crippen LogP contribution in [0.4, 0.5) is 0 Å². The van der Waals surface area contributed by atoms with E-state index in [0.29, 0.717) is 25.9 Å². The molecule has 0 atom stereocenters. The van der Waals surface area contributed by atoms with Crippen LogP contribution in [0.1, 0.15) is 18.4 Å². The highest BCUT2D eigenvalue weighted by molar-refractivity contribution is 5.77. The minimum Gasteiger partial charge on any atom is -0.479 e. The number of hydrogen-bond donors (Lipinski definition) is 2. The van der Waals surface area contributed by atoms with E-state index in [0.717, 1.165) is 23.4 Å². The fraction of sp³-hybridized carbons (Fsp3) is 0.316. The van der Waals surface area contributed by atoms with Crippen LogP contribution in [-0.4, -0.2) is 48.8 Å². The lowest BCUT2D eigenvalue weighted by atomic mass is 9.87. The molecule has 7 heteroatoms. The van der Waals surface area contributed by atoms with E-state index < -0.39 is 11.5 Å². The second-order valence-electron chi connectivity index (χ2n) is 6.72. The summed E-state index contributed by atoms with van der Waals surface area (Å²) in [6.07, 6.45) is 7.95. The lowest BCUT2D eigenvalue weighted by molar-refractivity contribution is -0.150. The molecule has 2 N–H and O–H groups in total. The zero-order valence-corrected chi connectivity index (χ0v) is 14.4. The van der Waals surface area contributed by atoms with Gasteiger partial charge in [0.15, 0.2) is 0 Å². The van der Waals surface area contributed by atoms with Crippen LogP contribution >= 0.6 is 0 Å². The fourth-order valence-electron chi connectivity index (χ4n) is 3.70. The van der Waals surface area contributed by atoms with Crippen LogP contribution in [-0.2, 0) is 16.9 Å². The van der Waals surface area contributed by atoms with Crippen LogP contribution in [0.2, 0.25) is 0 Å². The van der Waals surface area contributed by atoms with Gasteiger partial charge in [0.25, 0.3) is 0 Å². The number of piperidine rings is 1. The minimum absolute atomic E-state index is 0.553. The molecule has 0 aliphatic carbocycles. The van der Waals surface area contributed by atoms with Crippen molar-refractivity contribution in [1.29, 1.82) is 0 Å². The van der Waals surface area contributed by atoms with E-state index in [1.165, 1.54) is 0 Å². The van der Waals surface area contributed by atoms with Crippen LogP contribution in [0.5, 0.6) is 0 Å². The first-order valence-corrected chi connectivity index (χ1v) is 8.71. The van der Waals surface area contributed by atoms with Gasteiger partial charge in [0.2, 0.25) is 0 Å². The average Bonchev–Trinajstić information content (AvgIpc) is 3.35. The number of rotatable bonds is 5. The number of hydrogen-bond acceptors (Lipinski definition) is 4. The van der Waals surface area contributed by atoms with Crippen molar-refractivity contribution in [2.45, 2.75) is 24.9 Å². The molecule has 0 bridgehead atoms. The quantitative estimate of drug-likeness (QED) is 0.737. The third-order valence-electron chi connectivity index (χ3n) is 5.25. The van der Waals surface area contributed by atoms with Gasteiger partial charge in [-0.25, -0.2) is 9.78 Å². The van der Waals surface area contributed by atoms with E-state index in [4.69, 9.17) is 0 Å². The Bertz CT molecular complexity index is 864. The molecule has 0 amide bonds. The molecule has 0 saturated carbocycles. The van der Waals surface area contributed by atoms with Gasteiger partial charge in [-0.15, -0.1) is 0 Å². The minimum atomic E-state index is -0.897. The largest absolute Gasteiger partial charge is 0.479 e. The topological polar surface area (TPSA) is 87.0 Å². The Morgan fingerprint density at radius 3 is 2.65 bits per heavy atom. The molecule has 1 aliphatic heterocycles. The van der Waals surface area contributed by atoms with Crippen molar-refractivity contribution in [1.82, 2.24) is 24.6 Å². The molecule has 0 radical (unpaired) electrons. The third kappa shape index (κ3) is 2.90. The van der Waals surface area contributed by atoms with E-state index in [1.807, 2.05) is 24.4 Å². The molecular formula is C19H21N5O2. The Kier molecular flexibility index (Phi) is 4.30. The summed E-state index contributed by atoms with van der Waals surface area (Å²) in [6.45, 7) is 2.17. The summed E-state index contributed by atoms with van der Waals surface area (Å²) in [5.74, 6) is -0.788. The fourth-order valence-corrected chi connectivity index (χ4v) is 3.70. The van der Waals surface area contributed by atoms with Crippen molar-refractivity contribution < 1.29 is 9.90 Å². The van der Waals surface area contributed by atoms with Crippen LogP contribution in [0.25, 0.3) is 11.3 Å². The summed E-state index contributed by atoms with van der Waals surface area (Å²) < 4.78 is 1.74. The van der Waals surface area contributed by atoms with E-state index in [-0.39, 0.29) is 0 Å². The highest BCUT2D eigenvalue weighted by atomic mass is 16.4. The Morgan fingerprint density at radius 1 is 1.23 bits per heavy atom. The summed E-state index contributed by atoms with van der Waals surface area (Å²) >= 11 is 0. The Labute approximate surface area is 151 Å². The second kappa shape index (κ2) is 6.76. The number of nitrogens with one attached hydrogen (secondary N) is 1. The number of carbonyl (C=O) groups is 1. The van der Waals surface area contributed by atoms with E-state index >= 15 is 0 Å². The second-order valence-corrected chi connectivity index (χ2v) is 6.72. The van der Waals surface area contributed by atoms with Gasteiger partial charge in [-0.2, -0.15) is 5.10 Å². The number of aromatic nitrogens is 4. The van der Waals surface area contributed by atoms with Crippen molar-refractivity contribution in [3.05, 3.63) is 60.8 Å². The number of carboxylic acids is 1. The van der Waals surface area contributed by atoms with Gasteiger partial charge in [0, 0.05) is 37.6 Å². The molecule has 1 saturated heterocycles. The first-order valence-electron chi connectivity index (χ1n) is 8.71. The lowest BCUT2D eigenvalue weighted by Gasteiger charge is -2.39.